The van der Waals surface area contributed by atoms with E-state index in [2.05, 4.69) is 10.6 Å². The van der Waals surface area contributed by atoms with Gasteiger partial charge in [0.2, 0.25) is 15.9 Å². The smallest absolute Gasteiger partial charge is 0.243 e. The number of morpholine rings is 1. The molecular weight excluding hydrogens is 318 g/mol. The first-order valence-corrected chi connectivity index (χ1v) is 7.68. The second kappa shape index (κ2) is 7.19. The van der Waals surface area contributed by atoms with E-state index in [4.69, 9.17) is 9.88 Å². The van der Waals surface area contributed by atoms with E-state index in [0.29, 0.717) is 31.0 Å². The van der Waals surface area contributed by atoms with Crippen LogP contribution in [0.5, 0.6) is 0 Å². The topological polar surface area (TPSA) is 111 Å². The van der Waals surface area contributed by atoms with E-state index in [9.17, 15) is 13.2 Å². The fourth-order valence-electron chi connectivity index (χ4n) is 1.95. The average molecular weight is 336 g/mol. The maximum Gasteiger partial charge on any atom is 0.243 e. The number of ether oxygens (including phenoxy) is 1. The van der Waals surface area contributed by atoms with Crippen LogP contribution >= 0.6 is 12.4 Å². The number of hydrogen-bond acceptors (Lipinski definition) is 5. The van der Waals surface area contributed by atoms with Crippen LogP contribution in [0.4, 0.5) is 5.69 Å². The van der Waals surface area contributed by atoms with E-state index in [-0.39, 0.29) is 23.2 Å². The molecule has 0 bridgehead atoms. The van der Waals surface area contributed by atoms with Crippen LogP contribution in [0, 0.1) is 6.92 Å². The highest BCUT2D eigenvalue weighted by atomic mass is 35.5. The molecule has 1 saturated heterocycles. The molecule has 21 heavy (non-hydrogen) atoms. The van der Waals surface area contributed by atoms with Gasteiger partial charge in [0.15, 0.2) is 0 Å². The van der Waals surface area contributed by atoms with Crippen molar-refractivity contribution in [3.05, 3.63) is 23.8 Å². The highest BCUT2D eigenvalue weighted by Gasteiger charge is 2.21. The van der Waals surface area contributed by atoms with Gasteiger partial charge in [-0.25, -0.2) is 13.6 Å². The minimum atomic E-state index is -3.81. The van der Waals surface area contributed by atoms with Gasteiger partial charge >= 0.3 is 0 Å². The lowest BCUT2D eigenvalue weighted by Gasteiger charge is -2.23. The molecular formula is C12H18ClN3O4S. The summed E-state index contributed by atoms with van der Waals surface area (Å²) in [5, 5.41) is 10.8. The minimum Gasteiger partial charge on any atom is -0.378 e. The van der Waals surface area contributed by atoms with Crippen molar-refractivity contribution in [1.82, 2.24) is 5.32 Å². The van der Waals surface area contributed by atoms with Gasteiger partial charge in [-0.3, -0.25) is 4.79 Å². The Kier molecular flexibility index (Phi) is 6.11. The van der Waals surface area contributed by atoms with Crippen LogP contribution in [0.2, 0.25) is 0 Å². The van der Waals surface area contributed by atoms with Crippen molar-refractivity contribution in [2.75, 3.05) is 25.1 Å². The zero-order valence-corrected chi connectivity index (χ0v) is 13.1. The second-order valence-electron chi connectivity index (χ2n) is 4.60. The molecule has 0 spiro atoms. The Morgan fingerprint density at radius 1 is 1.48 bits per heavy atom. The first-order chi connectivity index (χ1) is 9.38. The van der Waals surface area contributed by atoms with Crippen molar-refractivity contribution < 1.29 is 17.9 Å². The van der Waals surface area contributed by atoms with Crippen molar-refractivity contribution in [1.29, 1.82) is 0 Å². The Morgan fingerprint density at radius 3 is 2.76 bits per heavy atom. The van der Waals surface area contributed by atoms with Gasteiger partial charge in [0.1, 0.15) is 6.04 Å². The zero-order valence-electron chi connectivity index (χ0n) is 11.5. The lowest BCUT2D eigenvalue weighted by Crippen LogP contribution is -2.48. The Morgan fingerprint density at radius 2 is 2.19 bits per heavy atom. The van der Waals surface area contributed by atoms with Crippen LogP contribution in [0.15, 0.2) is 23.1 Å². The standard InChI is InChI=1S/C12H17N3O4S.ClH/c1-8-2-3-9(6-11(8)20(13,17)18)15-12(16)10-7-19-5-4-14-10;/h2-3,6,10,14H,4-5,7H2,1H3,(H,15,16)(H2,13,17,18);1H. The fourth-order valence-corrected chi connectivity index (χ4v) is 2.76. The third-order valence-corrected chi connectivity index (χ3v) is 4.05. The Hall–Kier alpha value is -1.19. The van der Waals surface area contributed by atoms with E-state index in [1.54, 1.807) is 19.1 Å². The maximum absolute atomic E-state index is 12.0. The molecule has 2 rings (SSSR count). The van der Waals surface area contributed by atoms with Crippen molar-refractivity contribution in [2.24, 2.45) is 5.14 Å². The summed E-state index contributed by atoms with van der Waals surface area (Å²) in [6.07, 6.45) is 0. The molecule has 1 heterocycles. The van der Waals surface area contributed by atoms with E-state index in [1.807, 2.05) is 0 Å². The molecule has 0 radical (unpaired) electrons. The number of carbonyl (C=O) groups is 1. The molecule has 4 N–H and O–H groups in total. The Labute approximate surface area is 129 Å². The molecule has 1 fully saturated rings. The molecule has 7 nitrogen and oxygen atoms in total. The quantitative estimate of drug-likeness (QED) is 0.719. The number of benzene rings is 1. The molecule has 0 saturated carbocycles. The maximum atomic E-state index is 12.0. The molecule has 1 aromatic carbocycles. The number of primary sulfonamides is 1. The summed E-state index contributed by atoms with van der Waals surface area (Å²) in [6, 6.07) is 4.14. The Bertz CT molecular complexity index is 615. The summed E-state index contributed by atoms with van der Waals surface area (Å²) in [4.78, 5) is 12.0. The summed E-state index contributed by atoms with van der Waals surface area (Å²) in [5.74, 6) is -0.270. The van der Waals surface area contributed by atoms with E-state index in [0.717, 1.165) is 0 Å². The predicted molar refractivity (Wildman–Crippen MR) is 81.0 cm³/mol. The summed E-state index contributed by atoms with van der Waals surface area (Å²) >= 11 is 0. The number of nitrogens with two attached hydrogens (primary N) is 1. The van der Waals surface area contributed by atoms with Gasteiger partial charge < -0.3 is 15.4 Å². The summed E-state index contributed by atoms with van der Waals surface area (Å²) in [6.45, 7) is 3.11. The van der Waals surface area contributed by atoms with Crippen LogP contribution in [0.25, 0.3) is 0 Å². The number of nitrogens with one attached hydrogen (secondary N) is 2. The molecule has 118 valence electrons. The van der Waals surface area contributed by atoms with Crippen LogP contribution in [0.1, 0.15) is 5.56 Å². The molecule has 1 unspecified atom stereocenters. The van der Waals surface area contributed by atoms with E-state index >= 15 is 0 Å². The predicted octanol–water partition coefficient (Wildman–Crippen LogP) is -0.00888. The van der Waals surface area contributed by atoms with Crippen LogP contribution in [-0.2, 0) is 19.6 Å². The van der Waals surface area contributed by atoms with Gasteiger partial charge in [-0.15, -0.1) is 12.4 Å². The largest absolute Gasteiger partial charge is 0.378 e. The molecule has 1 aliphatic heterocycles. The molecule has 9 heteroatoms. The third kappa shape index (κ3) is 4.65. The number of carbonyl (C=O) groups excluding carboxylic acids is 1. The molecule has 1 aliphatic rings. The van der Waals surface area contributed by atoms with Gasteiger partial charge in [0.05, 0.1) is 18.1 Å². The van der Waals surface area contributed by atoms with Crippen molar-refractivity contribution in [3.8, 4) is 0 Å². The number of rotatable bonds is 3. The lowest BCUT2D eigenvalue weighted by molar-refractivity contribution is -0.120. The van der Waals surface area contributed by atoms with E-state index < -0.39 is 16.1 Å². The van der Waals surface area contributed by atoms with Gasteiger partial charge in [-0.05, 0) is 24.6 Å². The molecule has 0 aliphatic carbocycles. The van der Waals surface area contributed by atoms with Gasteiger partial charge in [0.25, 0.3) is 0 Å². The Balaban J connectivity index is 0.00000220. The van der Waals surface area contributed by atoms with Crippen molar-refractivity contribution in [3.63, 3.8) is 0 Å². The first kappa shape index (κ1) is 17.9. The number of halogens is 1. The summed E-state index contributed by atoms with van der Waals surface area (Å²) < 4.78 is 28.1. The van der Waals surface area contributed by atoms with Crippen LogP contribution in [0.3, 0.4) is 0 Å². The highest BCUT2D eigenvalue weighted by molar-refractivity contribution is 7.89. The number of aryl methyl sites for hydroxylation is 1. The van der Waals surface area contributed by atoms with Gasteiger partial charge in [-0.2, -0.15) is 0 Å². The van der Waals surface area contributed by atoms with Gasteiger partial charge in [-0.1, -0.05) is 6.07 Å². The fraction of sp³-hybridized carbons (Fsp3) is 0.417. The summed E-state index contributed by atoms with van der Waals surface area (Å²) in [5.41, 5.74) is 0.918. The highest BCUT2D eigenvalue weighted by Crippen LogP contribution is 2.19. The SMILES string of the molecule is Cc1ccc(NC(=O)C2COCCN2)cc1S(N)(=O)=O.Cl. The van der Waals surface area contributed by atoms with E-state index in [1.165, 1.54) is 6.07 Å². The molecule has 1 amide bonds. The number of amides is 1. The monoisotopic (exact) mass is 335 g/mol. The third-order valence-electron chi connectivity index (χ3n) is 3.00. The molecule has 1 atom stereocenters. The molecule has 0 aromatic heterocycles. The summed E-state index contributed by atoms with van der Waals surface area (Å²) in [7, 11) is -3.81. The zero-order chi connectivity index (χ0) is 14.8. The number of hydrogen-bond donors (Lipinski definition) is 3. The van der Waals surface area contributed by atoms with Crippen LogP contribution < -0.4 is 15.8 Å². The number of anilines is 1. The lowest BCUT2D eigenvalue weighted by atomic mass is 10.2. The van der Waals surface area contributed by atoms with Crippen molar-refractivity contribution >= 4 is 34.0 Å². The van der Waals surface area contributed by atoms with Crippen LogP contribution in [-0.4, -0.2) is 40.1 Å². The van der Waals surface area contributed by atoms with Gasteiger partial charge in [0, 0.05) is 12.2 Å². The second-order valence-corrected chi connectivity index (χ2v) is 6.13. The van der Waals surface area contributed by atoms with Crippen molar-refractivity contribution in [2.45, 2.75) is 17.9 Å². The normalized spacial score (nSPS) is 18.7. The minimum absolute atomic E-state index is 0. The molecule has 1 aromatic rings. The average Bonchev–Trinajstić information content (AvgIpc) is 2.40. The number of sulfonamides is 1. The first-order valence-electron chi connectivity index (χ1n) is 6.13.